The van der Waals surface area contributed by atoms with Gasteiger partial charge in [0.25, 0.3) is 0 Å². The van der Waals surface area contributed by atoms with Gasteiger partial charge in [-0.2, -0.15) is 11.3 Å². The van der Waals surface area contributed by atoms with Gasteiger partial charge in [-0.3, -0.25) is 0 Å². The molecule has 0 aliphatic rings. The van der Waals surface area contributed by atoms with Crippen LogP contribution in [0.25, 0.3) is 22.5 Å². The molecule has 7 heteroatoms. The van der Waals surface area contributed by atoms with E-state index in [1.54, 1.807) is 11.3 Å². The van der Waals surface area contributed by atoms with E-state index >= 15 is 0 Å². The molecule has 0 saturated carbocycles. The van der Waals surface area contributed by atoms with Crippen molar-refractivity contribution < 1.29 is 0 Å². The van der Waals surface area contributed by atoms with E-state index in [2.05, 4.69) is 43.7 Å². The monoisotopic (exact) mass is 367 g/mol. The van der Waals surface area contributed by atoms with Crippen molar-refractivity contribution >= 4 is 27.8 Å². The standard InChI is InChI=1S/C18H17N5S2/c19-18-22-21-15(25-18)7-4-9-23-12-20-16(13-5-2-1-3-6-13)17(23)14-8-10-24-11-14/h1-3,5-6,8,10-12H,4,7,9H2,(H2,19,22). The lowest BCUT2D eigenvalue weighted by Crippen LogP contribution is -2.00. The maximum Gasteiger partial charge on any atom is 0.203 e. The molecule has 2 N–H and O–H groups in total. The third-order valence-electron chi connectivity index (χ3n) is 3.95. The van der Waals surface area contributed by atoms with Crippen molar-refractivity contribution in [2.24, 2.45) is 0 Å². The van der Waals surface area contributed by atoms with Crippen LogP contribution in [0.5, 0.6) is 0 Å². The summed E-state index contributed by atoms with van der Waals surface area (Å²) in [5.41, 5.74) is 10.2. The van der Waals surface area contributed by atoms with E-state index in [1.807, 2.05) is 24.5 Å². The highest BCUT2D eigenvalue weighted by Gasteiger charge is 2.15. The normalized spacial score (nSPS) is 11.0. The Morgan fingerprint density at radius 1 is 1.04 bits per heavy atom. The van der Waals surface area contributed by atoms with Gasteiger partial charge in [-0.1, -0.05) is 41.7 Å². The molecule has 25 heavy (non-hydrogen) atoms. The molecule has 0 atom stereocenters. The first kappa shape index (κ1) is 16.0. The number of anilines is 1. The van der Waals surface area contributed by atoms with Crippen LogP contribution in [0.3, 0.4) is 0 Å². The second-order valence-electron chi connectivity index (χ2n) is 5.65. The van der Waals surface area contributed by atoms with Gasteiger partial charge in [-0.25, -0.2) is 4.98 Å². The van der Waals surface area contributed by atoms with Gasteiger partial charge in [0.15, 0.2) is 0 Å². The highest BCUT2D eigenvalue weighted by Crippen LogP contribution is 2.32. The quantitative estimate of drug-likeness (QED) is 0.550. The summed E-state index contributed by atoms with van der Waals surface area (Å²) in [6.45, 7) is 0.879. The summed E-state index contributed by atoms with van der Waals surface area (Å²) in [6, 6.07) is 12.5. The summed E-state index contributed by atoms with van der Waals surface area (Å²) in [5, 5.41) is 13.8. The van der Waals surface area contributed by atoms with Crippen molar-refractivity contribution in [3.05, 3.63) is 58.5 Å². The van der Waals surface area contributed by atoms with E-state index in [4.69, 9.17) is 10.7 Å². The number of hydrogen-bond acceptors (Lipinski definition) is 6. The number of thiophene rings is 1. The molecule has 5 nitrogen and oxygen atoms in total. The molecule has 4 aromatic rings. The molecule has 0 amide bonds. The van der Waals surface area contributed by atoms with E-state index in [0.717, 1.165) is 35.7 Å². The smallest absolute Gasteiger partial charge is 0.203 e. The van der Waals surface area contributed by atoms with Crippen LogP contribution in [-0.2, 0) is 13.0 Å². The fraction of sp³-hybridized carbons (Fsp3) is 0.167. The Balaban J connectivity index is 1.60. The molecule has 3 heterocycles. The summed E-state index contributed by atoms with van der Waals surface area (Å²) < 4.78 is 2.23. The predicted octanol–water partition coefficient (Wildman–Crippen LogP) is 4.35. The Hall–Kier alpha value is -2.51. The number of rotatable bonds is 6. The molecule has 4 rings (SSSR count). The van der Waals surface area contributed by atoms with Crippen molar-refractivity contribution in [3.63, 3.8) is 0 Å². The lowest BCUT2D eigenvalue weighted by atomic mass is 10.1. The molecule has 0 fully saturated rings. The molecule has 0 spiro atoms. The van der Waals surface area contributed by atoms with Gasteiger partial charge in [0.2, 0.25) is 5.13 Å². The second-order valence-corrected chi connectivity index (χ2v) is 7.52. The van der Waals surface area contributed by atoms with Crippen molar-refractivity contribution in [3.8, 4) is 22.5 Å². The number of aryl methyl sites for hydroxylation is 2. The van der Waals surface area contributed by atoms with Gasteiger partial charge >= 0.3 is 0 Å². The summed E-state index contributed by atoms with van der Waals surface area (Å²) >= 11 is 3.16. The summed E-state index contributed by atoms with van der Waals surface area (Å²) in [4.78, 5) is 4.69. The summed E-state index contributed by atoms with van der Waals surface area (Å²) in [5.74, 6) is 0. The zero-order valence-corrected chi connectivity index (χ0v) is 15.1. The Morgan fingerprint density at radius 3 is 2.64 bits per heavy atom. The number of benzene rings is 1. The van der Waals surface area contributed by atoms with Crippen LogP contribution in [0, 0.1) is 0 Å². The predicted molar refractivity (Wildman–Crippen MR) is 104 cm³/mol. The van der Waals surface area contributed by atoms with Crippen LogP contribution in [-0.4, -0.2) is 19.7 Å². The average Bonchev–Trinajstić information content (AvgIpc) is 3.36. The van der Waals surface area contributed by atoms with E-state index in [1.165, 1.54) is 22.6 Å². The third-order valence-corrected chi connectivity index (χ3v) is 5.45. The minimum absolute atomic E-state index is 0.531. The lowest BCUT2D eigenvalue weighted by molar-refractivity contribution is 0.643. The molecule has 0 unspecified atom stereocenters. The van der Waals surface area contributed by atoms with E-state index in [0.29, 0.717) is 5.13 Å². The fourth-order valence-corrected chi connectivity index (χ4v) is 4.12. The van der Waals surface area contributed by atoms with E-state index in [9.17, 15) is 0 Å². The highest BCUT2D eigenvalue weighted by atomic mass is 32.1. The first-order chi connectivity index (χ1) is 12.3. The van der Waals surface area contributed by atoms with Crippen LogP contribution >= 0.6 is 22.7 Å². The van der Waals surface area contributed by atoms with Gasteiger partial charge < -0.3 is 10.3 Å². The van der Waals surface area contributed by atoms with Gasteiger partial charge in [0, 0.05) is 29.5 Å². The number of imidazole rings is 1. The van der Waals surface area contributed by atoms with Crippen molar-refractivity contribution in [2.75, 3.05) is 5.73 Å². The topological polar surface area (TPSA) is 69.6 Å². The molecule has 126 valence electrons. The molecule has 0 radical (unpaired) electrons. The maximum absolute atomic E-state index is 5.65. The molecule has 0 aliphatic heterocycles. The molecule has 0 saturated heterocycles. The van der Waals surface area contributed by atoms with Crippen molar-refractivity contribution in [1.82, 2.24) is 19.7 Å². The minimum Gasteiger partial charge on any atom is -0.374 e. The summed E-state index contributed by atoms with van der Waals surface area (Å²) in [7, 11) is 0. The van der Waals surface area contributed by atoms with Crippen LogP contribution < -0.4 is 5.73 Å². The Morgan fingerprint density at radius 2 is 1.92 bits per heavy atom. The van der Waals surface area contributed by atoms with Crippen LogP contribution in [0.15, 0.2) is 53.5 Å². The first-order valence-electron chi connectivity index (χ1n) is 8.02. The molecule has 0 aliphatic carbocycles. The average molecular weight is 368 g/mol. The zero-order valence-electron chi connectivity index (χ0n) is 13.5. The molecule has 0 bridgehead atoms. The van der Waals surface area contributed by atoms with Crippen LogP contribution in [0.2, 0.25) is 0 Å². The Kier molecular flexibility index (Phi) is 4.58. The van der Waals surface area contributed by atoms with Crippen LogP contribution in [0.1, 0.15) is 11.4 Å². The Labute approximate surface area is 153 Å². The lowest BCUT2D eigenvalue weighted by Gasteiger charge is -2.09. The van der Waals surface area contributed by atoms with Crippen LogP contribution in [0.4, 0.5) is 5.13 Å². The fourth-order valence-electron chi connectivity index (χ4n) is 2.83. The first-order valence-corrected chi connectivity index (χ1v) is 9.78. The second kappa shape index (κ2) is 7.16. The van der Waals surface area contributed by atoms with Crippen molar-refractivity contribution in [1.29, 1.82) is 0 Å². The van der Waals surface area contributed by atoms with Gasteiger partial charge in [0.05, 0.1) is 17.7 Å². The SMILES string of the molecule is Nc1nnc(CCCn2cnc(-c3ccccc3)c2-c2ccsc2)s1. The molecule has 1 aromatic carbocycles. The highest BCUT2D eigenvalue weighted by molar-refractivity contribution is 7.15. The number of nitrogens with two attached hydrogens (primary N) is 1. The molecular formula is C18H17N5S2. The Bertz CT molecular complexity index is 941. The summed E-state index contributed by atoms with van der Waals surface area (Å²) in [6.07, 6.45) is 3.77. The van der Waals surface area contributed by atoms with Gasteiger partial charge in [-0.05, 0) is 17.9 Å². The van der Waals surface area contributed by atoms with Crippen molar-refractivity contribution in [2.45, 2.75) is 19.4 Å². The largest absolute Gasteiger partial charge is 0.374 e. The van der Waals surface area contributed by atoms with E-state index < -0.39 is 0 Å². The number of aromatic nitrogens is 4. The minimum atomic E-state index is 0.531. The molecule has 3 aromatic heterocycles. The number of nitrogen functional groups attached to an aromatic ring is 1. The number of hydrogen-bond donors (Lipinski definition) is 1. The van der Waals surface area contributed by atoms with Gasteiger partial charge in [-0.15, -0.1) is 10.2 Å². The van der Waals surface area contributed by atoms with Gasteiger partial charge in [0.1, 0.15) is 5.01 Å². The third kappa shape index (κ3) is 3.47. The van der Waals surface area contributed by atoms with E-state index in [-0.39, 0.29) is 0 Å². The molecular weight excluding hydrogens is 350 g/mol. The number of nitrogens with zero attached hydrogens (tertiary/aromatic N) is 4. The zero-order chi connectivity index (χ0) is 17.1. The maximum atomic E-state index is 5.65.